The van der Waals surface area contributed by atoms with Gasteiger partial charge in [-0.3, -0.25) is 9.69 Å². The maximum Gasteiger partial charge on any atom is 0.211 e. The summed E-state index contributed by atoms with van der Waals surface area (Å²) in [5.41, 5.74) is 0. The van der Waals surface area contributed by atoms with E-state index in [0.29, 0.717) is 0 Å². The average Bonchev–Trinajstić information content (AvgIpc) is 2.95. The molecule has 0 aromatic heterocycles. The summed E-state index contributed by atoms with van der Waals surface area (Å²) in [6, 6.07) is 0.791. The lowest BCUT2D eigenvalue weighted by Gasteiger charge is -2.16. The van der Waals surface area contributed by atoms with Crippen molar-refractivity contribution in [1.82, 2.24) is 4.90 Å². The van der Waals surface area contributed by atoms with Crippen LogP contribution in [0.3, 0.4) is 0 Å². The van der Waals surface area contributed by atoms with Crippen LogP contribution in [-0.2, 0) is 4.79 Å². The highest BCUT2D eigenvalue weighted by Gasteiger charge is 2.26. The maximum atomic E-state index is 10.9. The number of hydrogen-bond donors (Lipinski definition) is 0. The van der Waals surface area contributed by atoms with Gasteiger partial charge in [0.25, 0.3) is 0 Å². The topological polar surface area (TPSA) is 20.3 Å². The van der Waals surface area contributed by atoms with Gasteiger partial charge in [0.15, 0.2) is 0 Å². The Morgan fingerprint density at radius 3 is 2.77 bits per heavy atom. The van der Waals surface area contributed by atoms with Crippen LogP contribution >= 0.6 is 11.8 Å². The standard InChI is InChI=1S/C10H17NOS/c1-3-11(9-6-7-9)8-4-5-10(12)13-2/h4-5,9H,3,6-8H2,1-2H3/b5-4+. The van der Waals surface area contributed by atoms with Crippen molar-refractivity contribution in [2.24, 2.45) is 0 Å². The molecule has 0 bridgehead atoms. The second-order valence-corrected chi connectivity index (χ2v) is 4.05. The summed E-state index contributed by atoms with van der Waals surface area (Å²) in [5, 5.41) is 0.145. The van der Waals surface area contributed by atoms with Gasteiger partial charge in [-0.2, -0.15) is 0 Å². The van der Waals surface area contributed by atoms with E-state index in [1.54, 1.807) is 6.08 Å². The van der Waals surface area contributed by atoms with E-state index in [2.05, 4.69) is 11.8 Å². The minimum atomic E-state index is 0.145. The van der Waals surface area contributed by atoms with Crippen molar-refractivity contribution < 1.29 is 4.79 Å². The summed E-state index contributed by atoms with van der Waals surface area (Å²) in [6.07, 6.45) is 8.12. The minimum Gasteiger partial charge on any atom is -0.297 e. The molecule has 0 unspecified atom stereocenters. The Kier molecular flexibility index (Phi) is 4.53. The largest absolute Gasteiger partial charge is 0.297 e. The van der Waals surface area contributed by atoms with Gasteiger partial charge in [0.2, 0.25) is 5.12 Å². The summed E-state index contributed by atoms with van der Waals surface area (Å²) in [4.78, 5) is 13.3. The number of nitrogens with zero attached hydrogens (tertiary/aromatic N) is 1. The lowest BCUT2D eigenvalue weighted by Crippen LogP contribution is -2.25. The molecule has 1 rings (SSSR count). The molecule has 0 amide bonds. The number of thioether (sulfide) groups is 1. The molecule has 1 saturated carbocycles. The SMILES string of the molecule is CCN(C/C=C/C(=O)SC)C1CC1. The summed E-state index contributed by atoms with van der Waals surface area (Å²) < 4.78 is 0. The van der Waals surface area contributed by atoms with Crippen LogP contribution in [0.2, 0.25) is 0 Å². The molecule has 13 heavy (non-hydrogen) atoms. The molecule has 74 valence electrons. The Morgan fingerprint density at radius 1 is 1.62 bits per heavy atom. The van der Waals surface area contributed by atoms with Crippen LogP contribution in [0.4, 0.5) is 0 Å². The summed E-state index contributed by atoms with van der Waals surface area (Å²) in [7, 11) is 0. The highest BCUT2D eigenvalue weighted by Crippen LogP contribution is 2.26. The molecule has 3 heteroatoms. The first-order valence-corrected chi connectivity index (χ1v) is 5.99. The molecule has 0 N–H and O–H groups in total. The van der Waals surface area contributed by atoms with Crippen LogP contribution in [0.15, 0.2) is 12.2 Å². The van der Waals surface area contributed by atoms with E-state index in [1.165, 1.54) is 24.6 Å². The molecule has 0 aromatic rings. The molecule has 0 aliphatic heterocycles. The van der Waals surface area contributed by atoms with E-state index in [1.807, 2.05) is 12.3 Å². The Bertz CT molecular complexity index is 199. The second kappa shape index (κ2) is 5.45. The Balaban J connectivity index is 2.22. The van der Waals surface area contributed by atoms with E-state index in [-0.39, 0.29) is 5.12 Å². The molecule has 0 heterocycles. The zero-order chi connectivity index (χ0) is 9.68. The number of rotatable bonds is 5. The molecule has 0 spiro atoms. The van der Waals surface area contributed by atoms with E-state index >= 15 is 0 Å². The molecule has 2 nitrogen and oxygen atoms in total. The van der Waals surface area contributed by atoms with Gasteiger partial charge in [-0.25, -0.2) is 0 Å². The monoisotopic (exact) mass is 199 g/mol. The molecule has 0 saturated heterocycles. The van der Waals surface area contributed by atoms with Crippen LogP contribution in [0.1, 0.15) is 19.8 Å². The van der Waals surface area contributed by atoms with Crippen LogP contribution in [-0.4, -0.2) is 35.4 Å². The minimum absolute atomic E-state index is 0.145. The van der Waals surface area contributed by atoms with Crippen molar-refractivity contribution in [2.75, 3.05) is 19.3 Å². The molecule has 0 radical (unpaired) electrons. The maximum absolute atomic E-state index is 10.9. The van der Waals surface area contributed by atoms with E-state index < -0.39 is 0 Å². The van der Waals surface area contributed by atoms with Crippen molar-refractivity contribution in [1.29, 1.82) is 0 Å². The molecular weight excluding hydrogens is 182 g/mol. The van der Waals surface area contributed by atoms with Crippen molar-refractivity contribution in [2.45, 2.75) is 25.8 Å². The number of likely N-dealkylation sites (N-methyl/N-ethyl adjacent to an activating group) is 1. The smallest absolute Gasteiger partial charge is 0.211 e. The summed E-state index contributed by atoms with van der Waals surface area (Å²) in [6.45, 7) is 4.18. The number of hydrogen-bond acceptors (Lipinski definition) is 3. The molecule has 1 aliphatic rings. The fourth-order valence-corrected chi connectivity index (χ4v) is 1.56. The van der Waals surface area contributed by atoms with Crippen LogP contribution in [0, 0.1) is 0 Å². The quantitative estimate of drug-likeness (QED) is 0.631. The van der Waals surface area contributed by atoms with Gasteiger partial charge in [-0.15, -0.1) is 0 Å². The summed E-state index contributed by atoms with van der Waals surface area (Å²) in [5.74, 6) is 0. The molecule has 1 fully saturated rings. The number of carbonyl (C=O) groups is 1. The van der Waals surface area contributed by atoms with Gasteiger partial charge < -0.3 is 0 Å². The van der Waals surface area contributed by atoms with Gasteiger partial charge in [-0.1, -0.05) is 24.8 Å². The summed E-state index contributed by atoms with van der Waals surface area (Å²) >= 11 is 1.26. The third-order valence-electron chi connectivity index (χ3n) is 2.26. The molecule has 1 aliphatic carbocycles. The van der Waals surface area contributed by atoms with Crippen molar-refractivity contribution >= 4 is 16.9 Å². The van der Waals surface area contributed by atoms with Gasteiger partial charge in [0.1, 0.15) is 0 Å². The van der Waals surface area contributed by atoms with Crippen LogP contribution in [0.5, 0.6) is 0 Å². The zero-order valence-electron chi connectivity index (χ0n) is 8.32. The zero-order valence-corrected chi connectivity index (χ0v) is 9.14. The van der Waals surface area contributed by atoms with Crippen molar-refractivity contribution in [3.05, 3.63) is 12.2 Å². The second-order valence-electron chi connectivity index (χ2n) is 3.24. The van der Waals surface area contributed by atoms with Crippen molar-refractivity contribution in [3.63, 3.8) is 0 Å². The van der Waals surface area contributed by atoms with Crippen molar-refractivity contribution in [3.8, 4) is 0 Å². The molecule has 0 aromatic carbocycles. The fourth-order valence-electron chi connectivity index (χ4n) is 1.33. The third kappa shape index (κ3) is 3.96. The van der Waals surface area contributed by atoms with Crippen LogP contribution < -0.4 is 0 Å². The Morgan fingerprint density at radius 2 is 2.31 bits per heavy atom. The molecular formula is C10H17NOS. The van der Waals surface area contributed by atoms with Gasteiger partial charge in [0.05, 0.1) is 0 Å². The Labute approximate surface area is 84.4 Å². The van der Waals surface area contributed by atoms with E-state index in [0.717, 1.165) is 19.1 Å². The number of carbonyl (C=O) groups excluding carboxylic acids is 1. The normalized spacial score (nSPS) is 17.2. The first kappa shape index (κ1) is 10.8. The fraction of sp³-hybridized carbons (Fsp3) is 0.700. The third-order valence-corrected chi connectivity index (χ3v) is 2.80. The first-order chi connectivity index (χ1) is 6.27. The van der Waals surface area contributed by atoms with Gasteiger partial charge in [-0.05, 0) is 31.7 Å². The van der Waals surface area contributed by atoms with E-state index in [4.69, 9.17) is 0 Å². The Hall–Kier alpha value is -0.280. The average molecular weight is 199 g/mol. The lowest BCUT2D eigenvalue weighted by atomic mass is 10.4. The highest BCUT2D eigenvalue weighted by molar-refractivity contribution is 8.13. The highest BCUT2D eigenvalue weighted by atomic mass is 32.2. The van der Waals surface area contributed by atoms with Gasteiger partial charge >= 0.3 is 0 Å². The predicted molar refractivity (Wildman–Crippen MR) is 57.9 cm³/mol. The predicted octanol–water partition coefficient (Wildman–Crippen LogP) is 1.92. The molecule has 0 atom stereocenters. The van der Waals surface area contributed by atoms with Crippen LogP contribution in [0.25, 0.3) is 0 Å². The van der Waals surface area contributed by atoms with Gasteiger partial charge in [0, 0.05) is 12.6 Å². The first-order valence-electron chi connectivity index (χ1n) is 4.76. The van der Waals surface area contributed by atoms with E-state index in [9.17, 15) is 4.79 Å². The lowest BCUT2D eigenvalue weighted by molar-refractivity contribution is -0.107.